The van der Waals surface area contributed by atoms with Crippen LogP contribution in [0.5, 0.6) is 5.75 Å². The number of carbonyl (C=O) groups is 1. The molecule has 0 aliphatic heterocycles. The van der Waals surface area contributed by atoms with Gasteiger partial charge < -0.3 is 9.64 Å². The molecule has 0 unspecified atom stereocenters. The molecule has 29 heavy (non-hydrogen) atoms. The lowest BCUT2D eigenvalue weighted by Gasteiger charge is -2.17. The minimum atomic E-state index is -3.67. The third-order valence-electron chi connectivity index (χ3n) is 4.65. The van der Waals surface area contributed by atoms with Crippen LogP contribution in [0.4, 0.5) is 0 Å². The van der Waals surface area contributed by atoms with Crippen molar-refractivity contribution in [3.63, 3.8) is 0 Å². The van der Waals surface area contributed by atoms with E-state index in [9.17, 15) is 13.2 Å². The van der Waals surface area contributed by atoms with Crippen LogP contribution >= 0.6 is 0 Å². The van der Waals surface area contributed by atoms with Crippen molar-refractivity contribution in [2.45, 2.75) is 25.3 Å². The molecule has 0 saturated carbocycles. The second-order valence-electron chi connectivity index (χ2n) is 7.16. The summed E-state index contributed by atoms with van der Waals surface area (Å²) in [5, 5.41) is 0. The third-order valence-corrected chi connectivity index (χ3v) is 6.48. The highest BCUT2D eigenvalue weighted by atomic mass is 32.2. The lowest BCUT2D eigenvalue weighted by molar-refractivity contribution is -0.125. The fourth-order valence-corrected chi connectivity index (χ4v) is 3.93. The van der Waals surface area contributed by atoms with E-state index in [1.54, 1.807) is 30.2 Å². The van der Waals surface area contributed by atoms with Gasteiger partial charge in [-0.3, -0.25) is 4.79 Å². The van der Waals surface area contributed by atoms with E-state index in [4.69, 9.17) is 4.74 Å². The van der Waals surface area contributed by atoms with Crippen molar-refractivity contribution in [1.29, 1.82) is 0 Å². The fraction of sp³-hybridized carbons (Fsp3) is 0.318. The highest BCUT2D eigenvalue weighted by Gasteiger charge is 2.22. The van der Waals surface area contributed by atoms with Gasteiger partial charge in [0.15, 0.2) is 0 Å². The Morgan fingerprint density at radius 1 is 1.07 bits per heavy atom. The first-order valence-electron chi connectivity index (χ1n) is 9.16. The first-order chi connectivity index (χ1) is 13.6. The molecule has 0 fully saturated rings. The molecule has 0 aliphatic rings. The SMILES string of the molecule is COc1ccc(/C=C/C(=O)N(C)Cc2ccc(C)cc2C)cc1S(=O)(=O)N(C)C. The van der Waals surface area contributed by atoms with Crippen LogP contribution in [0.25, 0.3) is 6.08 Å². The number of amides is 1. The van der Waals surface area contributed by atoms with Gasteiger partial charge in [-0.25, -0.2) is 12.7 Å². The van der Waals surface area contributed by atoms with Gasteiger partial charge in [0.25, 0.3) is 0 Å². The minimum absolute atomic E-state index is 0.0585. The highest BCUT2D eigenvalue weighted by molar-refractivity contribution is 7.89. The molecule has 156 valence electrons. The monoisotopic (exact) mass is 416 g/mol. The number of sulfonamides is 1. The number of carbonyl (C=O) groups excluding carboxylic acids is 1. The van der Waals surface area contributed by atoms with E-state index in [2.05, 4.69) is 6.07 Å². The van der Waals surface area contributed by atoms with E-state index in [1.807, 2.05) is 26.0 Å². The zero-order chi connectivity index (χ0) is 21.8. The highest BCUT2D eigenvalue weighted by Crippen LogP contribution is 2.27. The summed E-state index contributed by atoms with van der Waals surface area (Å²) in [6, 6.07) is 10.9. The average molecular weight is 417 g/mol. The summed E-state index contributed by atoms with van der Waals surface area (Å²) in [5.41, 5.74) is 4.01. The topological polar surface area (TPSA) is 66.9 Å². The second-order valence-corrected chi connectivity index (χ2v) is 9.28. The molecule has 2 rings (SSSR count). The number of hydrogen-bond acceptors (Lipinski definition) is 4. The lowest BCUT2D eigenvalue weighted by Crippen LogP contribution is -2.24. The average Bonchev–Trinajstić information content (AvgIpc) is 2.67. The quantitative estimate of drug-likeness (QED) is 0.650. The van der Waals surface area contributed by atoms with Gasteiger partial charge in [0.05, 0.1) is 7.11 Å². The van der Waals surface area contributed by atoms with E-state index >= 15 is 0 Å². The van der Waals surface area contributed by atoms with Crippen molar-refractivity contribution in [3.05, 3.63) is 64.7 Å². The number of aryl methyl sites for hydroxylation is 2. The van der Waals surface area contributed by atoms with E-state index < -0.39 is 10.0 Å². The summed E-state index contributed by atoms with van der Waals surface area (Å²) in [5.74, 6) is 0.0898. The molecule has 0 N–H and O–H groups in total. The number of nitrogens with zero attached hydrogens (tertiary/aromatic N) is 2. The predicted molar refractivity (Wildman–Crippen MR) is 115 cm³/mol. The van der Waals surface area contributed by atoms with Gasteiger partial charge in [-0.1, -0.05) is 29.8 Å². The Morgan fingerprint density at radius 2 is 1.76 bits per heavy atom. The van der Waals surface area contributed by atoms with E-state index in [1.165, 1.54) is 38.9 Å². The maximum absolute atomic E-state index is 12.5. The van der Waals surface area contributed by atoms with Gasteiger partial charge in [0.2, 0.25) is 15.9 Å². The van der Waals surface area contributed by atoms with Crippen molar-refractivity contribution >= 4 is 22.0 Å². The van der Waals surface area contributed by atoms with Gasteiger partial charge in [-0.2, -0.15) is 0 Å². The molecule has 2 aromatic rings. The first-order valence-corrected chi connectivity index (χ1v) is 10.6. The van der Waals surface area contributed by atoms with Crippen molar-refractivity contribution in [2.24, 2.45) is 0 Å². The molecule has 2 aromatic carbocycles. The Labute approximate surface area is 173 Å². The van der Waals surface area contributed by atoms with Crippen LogP contribution in [-0.2, 0) is 21.4 Å². The molecule has 7 heteroatoms. The van der Waals surface area contributed by atoms with E-state index in [0.29, 0.717) is 12.1 Å². The van der Waals surface area contributed by atoms with Crippen LogP contribution in [0.3, 0.4) is 0 Å². The number of ether oxygens (including phenoxy) is 1. The predicted octanol–water partition coefficient (Wildman–Crippen LogP) is 3.23. The molecule has 0 spiro atoms. The second kappa shape index (κ2) is 9.24. The van der Waals surface area contributed by atoms with Gasteiger partial charge in [-0.15, -0.1) is 0 Å². The van der Waals surface area contributed by atoms with Crippen molar-refractivity contribution in [1.82, 2.24) is 9.21 Å². The van der Waals surface area contributed by atoms with Crippen LogP contribution in [0, 0.1) is 13.8 Å². The Hall–Kier alpha value is -2.64. The molecule has 6 nitrogen and oxygen atoms in total. The molecule has 0 aliphatic carbocycles. The van der Waals surface area contributed by atoms with Gasteiger partial charge in [0.1, 0.15) is 10.6 Å². The van der Waals surface area contributed by atoms with Crippen LogP contribution in [0.1, 0.15) is 22.3 Å². The van der Waals surface area contributed by atoms with Gasteiger partial charge in [0, 0.05) is 33.8 Å². The van der Waals surface area contributed by atoms with Gasteiger partial charge in [-0.05, 0) is 48.7 Å². The zero-order valence-electron chi connectivity index (χ0n) is 17.8. The molecule has 0 aromatic heterocycles. The molecule has 0 radical (unpaired) electrons. The van der Waals surface area contributed by atoms with Crippen LogP contribution < -0.4 is 4.74 Å². The Kier molecular flexibility index (Phi) is 7.21. The van der Waals surface area contributed by atoms with E-state index in [0.717, 1.165) is 15.4 Å². The Balaban J connectivity index is 2.21. The number of methoxy groups -OCH3 is 1. The number of benzene rings is 2. The van der Waals surface area contributed by atoms with Gasteiger partial charge >= 0.3 is 0 Å². The van der Waals surface area contributed by atoms with Crippen molar-refractivity contribution in [3.8, 4) is 5.75 Å². The third kappa shape index (κ3) is 5.46. The standard InChI is InChI=1S/C22H28N2O4S/c1-16-7-10-19(17(2)13-16)15-24(5)22(25)12-9-18-8-11-20(28-6)21(14-18)29(26,27)23(3)4/h7-14H,15H2,1-6H3/b12-9+. The molecule has 0 bridgehead atoms. The largest absolute Gasteiger partial charge is 0.495 e. The molecular weight excluding hydrogens is 388 g/mol. The molecule has 0 heterocycles. The summed E-state index contributed by atoms with van der Waals surface area (Å²) < 4.78 is 31.3. The zero-order valence-corrected chi connectivity index (χ0v) is 18.6. The molecule has 0 saturated heterocycles. The fourth-order valence-electron chi connectivity index (χ4n) is 2.85. The maximum atomic E-state index is 12.5. The Bertz CT molecular complexity index is 1030. The first kappa shape index (κ1) is 22.6. The summed E-state index contributed by atoms with van der Waals surface area (Å²) in [6.07, 6.45) is 3.05. The summed E-state index contributed by atoms with van der Waals surface area (Å²) in [6.45, 7) is 4.56. The number of rotatable bonds is 7. The Morgan fingerprint density at radius 3 is 2.34 bits per heavy atom. The summed E-state index contributed by atoms with van der Waals surface area (Å²) >= 11 is 0. The summed E-state index contributed by atoms with van der Waals surface area (Å²) in [4.78, 5) is 14.2. The van der Waals surface area contributed by atoms with Crippen LogP contribution in [-0.4, -0.2) is 51.8 Å². The minimum Gasteiger partial charge on any atom is -0.495 e. The molecule has 1 amide bonds. The lowest BCUT2D eigenvalue weighted by atomic mass is 10.1. The smallest absolute Gasteiger partial charge is 0.246 e. The van der Waals surface area contributed by atoms with Crippen LogP contribution in [0.2, 0.25) is 0 Å². The van der Waals surface area contributed by atoms with Crippen LogP contribution in [0.15, 0.2) is 47.4 Å². The summed E-state index contributed by atoms with van der Waals surface area (Å²) in [7, 11) is 2.42. The van der Waals surface area contributed by atoms with E-state index in [-0.39, 0.29) is 16.6 Å². The normalized spacial score (nSPS) is 11.8. The molecule has 0 atom stereocenters. The van der Waals surface area contributed by atoms with Crippen molar-refractivity contribution in [2.75, 3.05) is 28.3 Å². The van der Waals surface area contributed by atoms with Crippen molar-refractivity contribution < 1.29 is 17.9 Å². The number of likely N-dealkylation sites (N-methyl/N-ethyl adjacent to an activating group) is 1. The maximum Gasteiger partial charge on any atom is 0.246 e. The molecular formula is C22H28N2O4S. The number of hydrogen-bond donors (Lipinski definition) is 0.